The predicted molar refractivity (Wildman–Crippen MR) is 105 cm³/mol. The number of thiazole rings is 1. The van der Waals surface area contributed by atoms with Crippen LogP contribution in [-0.4, -0.2) is 32.6 Å². The van der Waals surface area contributed by atoms with Crippen LogP contribution in [0.5, 0.6) is 0 Å². The second kappa shape index (κ2) is 7.83. The van der Waals surface area contributed by atoms with Crippen molar-refractivity contribution in [2.24, 2.45) is 13.0 Å². The Kier molecular flexibility index (Phi) is 5.52. The van der Waals surface area contributed by atoms with Gasteiger partial charge in [0.1, 0.15) is 10.7 Å². The lowest BCUT2D eigenvalue weighted by Crippen LogP contribution is -2.28. The van der Waals surface area contributed by atoms with Crippen LogP contribution in [0.3, 0.4) is 0 Å². The quantitative estimate of drug-likeness (QED) is 0.660. The first kappa shape index (κ1) is 18.3. The van der Waals surface area contributed by atoms with Gasteiger partial charge in [-0.3, -0.25) is 9.48 Å². The number of aryl methyl sites for hydroxylation is 1. The van der Waals surface area contributed by atoms with Gasteiger partial charge in [0, 0.05) is 25.0 Å². The maximum Gasteiger partial charge on any atom is 0.272 e. The van der Waals surface area contributed by atoms with Crippen molar-refractivity contribution in [3.05, 3.63) is 58.2 Å². The molecule has 2 heterocycles. The molecule has 136 valence electrons. The standard InChI is InChI=1S/C20H24N4OS/c1-14(2)10-16-11-18(24(4)22-16)20(25)23(3)12-19-21-17(13-26-19)15-8-6-5-7-9-15/h5-9,11,13-14H,10,12H2,1-4H3. The zero-order chi connectivity index (χ0) is 18.7. The summed E-state index contributed by atoms with van der Waals surface area (Å²) in [6.07, 6.45) is 0.873. The van der Waals surface area contributed by atoms with Crippen molar-refractivity contribution in [3.8, 4) is 11.3 Å². The number of carbonyl (C=O) groups is 1. The lowest BCUT2D eigenvalue weighted by atomic mass is 10.1. The van der Waals surface area contributed by atoms with Crippen LogP contribution in [-0.2, 0) is 20.0 Å². The van der Waals surface area contributed by atoms with Crippen LogP contribution in [0.2, 0.25) is 0 Å². The molecule has 5 nitrogen and oxygen atoms in total. The van der Waals surface area contributed by atoms with Crippen molar-refractivity contribution in [2.75, 3.05) is 7.05 Å². The van der Waals surface area contributed by atoms with Crippen LogP contribution >= 0.6 is 11.3 Å². The SMILES string of the molecule is CC(C)Cc1cc(C(=O)N(C)Cc2nc(-c3ccccc3)cs2)n(C)n1. The molecular weight excluding hydrogens is 344 g/mol. The van der Waals surface area contributed by atoms with Gasteiger partial charge in [0.05, 0.1) is 17.9 Å². The van der Waals surface area contributed by atoms with E-state index in [0.29, 0.717) is 18.2 Å². The first-order chi connectivity index (χ1) is 12.4. The smallest absolute Gasteiger partial charge is 0.272 e. The second-order valence-electron chi connectivity index (χ2n) is 6.90. The van der Waals surface area contributed by atoms with E-state index in [1.807, 2.05) is 48.8 Å². The molecule has 0 aliphatic heterocycles. The van der Waals surface area contributed by atoms with Crippen molar-refractivity contribution in [1.29, 1.82) is 0 Å². The summed E-state index contributed by atoms with van der Waals surface area (Å²) in [6, 6.07) is 12.0. The van der Waals surface area contributed by atoms with Crippen molar-refractivity contribution in [1.82, 2.24) is 19.7 Å². The highest BCUT2D eigenvalue weighted by atomic mass is 32.1. The molecule has 0 unspecified atom stereocenters. The maximum absolute atomic E-state index is 12.8. The predicted octanol–water partition coefficient (Wildman–Crippen LogP) is 4.01. The molecule has 0 fully saturated rings. The summed E-state index contributed by atoms with van der Waals surface area (Å²) in [5.41, 5.74) is 3.61. The number of aromatic nitrogens is 3. The van der Waals surface area contributed by atoms with Gasteiger partial charge in [0.25, 0.3) is 5.91 Å². The molecule has 3 aromatic rings. The summed E-state index contributed by atoms with van der Waals surface area (Å²) in [7, 11) is 3.63. The van der Waals surface area contributed by atoms with Crippen LogP contribution in [0.4, 0.5) is 0 Å². The molecule has 3 rings (SSSR count). The second-order valence-corrected chi connectivity index (χ2v) is 7.84. The molecular formula is C20H24N4OS. The Labute approximate surface area is 158 Å². The van der Waals surface area contributed by atoms with E-state index in [-0.39, 0.29) is 5.91 Å². The Morgan fingerprint density at radius 2 is 2.00 bits per heavy atom. The highest BCUT2D eigenvalue weighted by Gasteiger charge is 2.19. The zero-order valence-corrected chi connectivity index (χ0v) is 16.5. The maximum atomic E-state index is 12.8. The number of carbonyl (C=O) groups excluding carboxylic acids is 1. The van der Waals surface area contributed by atoms with Crippen molar-refractivity contribution in [2.45, 2.75) is 26.8 Å². The van der Waals surface area contributed by atoms with Crippen LogP contribution in [0.1, 0.15) is 35.0 Å². The van der Waals surface area contributed by atoms with E-state index in [4.69, 9.17) is 0 Å². The van der Waals surface area contributed by atoms with Gasteiger partial charge < -0.3 is 4.90 Å². The average Bonchev–Trinajstić information content (AvgIpc) is 3.21. The molecule has 0 aliphatic rings. The molecule has 0 spiro atoms. The zero-order valence-electron chi connectivity index (χ0n) is 15.6. The van der Waals surface area contributed by atoms with Crippen LogP contribution in [0, 0.1) is 5.92 Å². The summed E-state index contributed by atoms with van der Waals surface area (Å²) in [4.78, 5) is 19.2. The third kappa shape index (κ3) is 4.19. The molecule has 1 aromatic carbocycles. The summed E-state index contributed by atoms with van der Waals surface area (Å²) >= 11 is 1.58. The lowest BCUT2D eigenvalue weighted by molar-refractivity contribution is 0.0774. The Morgan fingerprint density at radius 3 is 2.69 bits per heavy atom. The van der Waals surface area contributed by atoms with Gasteiger partial charge in [-0.15, -0.1) is 11.3 Å². The van der Waals surface area contributed by atoms with Crippen LogP contribution in [0.25, 0.3) is 11.3 Å². The third-order valence-electron chi connectivity index (χ3n) is 4.11. The molecule has 0 aliphatic carbocycles. The molecule has 0 saturated carbocycles. The van der Waals surface area contributed by atoms with Crippen molar-refractivity contribution < 1.29 is 4.79 Å². The molecule has 0 bridgehead atoms. The molecule has 0 N–H and O–H groups in total. The fraction of sp³-hybridized carbons (Fsp3) is 0.350. The summed E-state index contributed by atoms with van der Waals surface area (Å²) in [6.45, 7) is 4.78. The van der Waals surface area contributed by atoms with E-state index in [1.54, 1.807) is 28.0 Å². The van der Waals surface area contributed by atoms with E-state index in [1.165, 1.54) is 0 Å². The molecule has 0 atom stereocenters. The number of rotatable bonds is 6. The van der Waals surface area contributed by atoms with Crippen molar-refractivity contribution >= 4 is 17.2 Å². The molecule has 1 amide bonds. The Balaban J connectivity index is 1.70. The highest BCUT2D eigenvalue weighted by Crippen LogP contribution is 2.22. The normalized spacial score (nSPS) is 11.1. The van der Waals surface area contributed by atoms with Crippen LogP contribution in [0.15, 0.2) is 41.8 Å². The summed E-state index contributed by atoms with van der Waals surface area (Å²) in [5.74, 6) is 0.476. The Morgan fingerprint density at radius 1 is 1.27 bits per heavy atom. The third-order valence-corrected chi connectivity index (χ3v) is 4.94. The largest absolute Gasteiger partial charge is 0.334 e. The summed E-state index contributed by atoms with van der Waals surface area (Å²) in [5, 5.41) is 7.42. The van der Waals surface area contributed by atoms with E-state index >= 15 is 0 Å². The first-order valence-corrected chi connectivity index (χ1v) is 9.60. The van der Waals surface area contributed by atoms with Gasteiger partial charge in [-0.2, -0.15) is 5.10 Å². The fourth-order valence-corrected chi connectivity index (χ4v) is 3.70. The monoisotopic (exact) mass is 368 g/mol. The van der Waals surface area contributed by atoms with E-state index in [9.17, 15) is 4.79 Å². The minimum absolute atomic E-state index is 0.0357. The van der Waals surface area contributed by atoms with E-state index in [2.05, 4.69) is 23.9 Å². The Hall–Kier alpha value is -2.47. The van der Waals surface area contributed by atoms with Gasteiger partial charge in [0.2, 0.25) is 0 Å². The molecule has 0 saturated heterocycles. The topological polar surface area (TPSA) is 51.0 Å². The van der Waals surface area contributed by atoms with Gasteiger partial charge in [-0.1, -0.05) is 44.2 Å². The number of hydrogen-bond acceptors (Lipinski definition) is 4. The minimum atomic E-state index is -0.0357. The lowest BCUT2D eigenvalue weighted by Gasteiger charge is -2.15. The van der Waals surface area contributed by atoms with E-state index in [0.717, 1.165) is 28.4 Å². The minimum Gasteiger partial charge on any atom is -0.334 e. The average molecular weight is 369 g/mol. The molecule has 0 radical (unpaired) electrons. The fourth-order valence-electron chi connectivity index (χ4n) is 2.84. The van der Waals surface area contributed by atoms with Gasteiger partial charge in [-0.05, 0) is 18.4 Å². The molecule has 6 heteroatoms. The van der Waals surface area contributed by atoms with Crippen LogP contribution < -0.4 is 0 Å². The number of hydrogen-bond donors (Lipinski definition) is 0. The Bertz CT molecular complexity index is 882. The number of nitrogens with zero attached hydrogens (tertiary/aromatic N) is 4. The number of benzene rings is 1. The van der Waals surface area contributed by atoms with Gasteiger partial charge in [0.15, 0.2) is 0 Å². The summed E-state index contributed by atoms with van der Waals surface area (Å²) < 4.78 is 1.67. The van der Waals surface area contributed by atoms with Gasteiger partial charge >= 0.3 is 0 Å². The van der Waals surface area contributed by atoms with Crippen molar-refractivity contribution in [3.63, 3.8) is 0 Å². The first-order valence-electron chi connectivity index (χ1n) is 8.72. The van der Waals surface area contributed by atoms with Gasteiger partial charge in [-0.25, -0.2) is 4.98 Å². The molecule has 2 aromatic heterocycles. The number of amides is 1. The van der Waals surface area contributed by atoms with E-state index < -0.39 is 0 Å². The molecule has 26 heavy (non-hydrogen) atoms. The highest BCUT2D eigenvalue weighted by molar-refractivity contribution is 7.09.